The zero-order chi connectivity index (χ0) is 28.3. The summed E-state index contributed by atoms with van der Waals surface area (Å²) in [6.07, 6.45) is 8.16. The largest absolute Gasteiger partial charge is 0.477 e. The maximum atomic E-state index is 14.1. The first kappa shape index (κ1) is 29.3. The number of hydrogen-bond donors (Lipinski definition) is 1. The van der Waals surface area contributed by atoms with Gasteiger partial charge >= 0.3 is 5.97 Å². The molecule has 0 unspecified atom stereocenters. The van der Waals surface area contributed by atoms with Crippen molar-refractivity contribution in [2.45, 2.75) is 96.2 Å². The molecule has 212 valence electrons. The Balaban J connectivity index is 1.56. The Morgan fingerprint density at radius 3 is 2.36 bits per heavy atom. The monoisotopic (exact) mass is 553 g/mol. The number of anilines is 1. The molecule has 0 aliphatic heterocycles. The highest BCUT2D eigenvalue weighted by atomic mass is 32.1. The van der Waals surface area contributed by atoms with Gasteiger partial charge in [0.25, 0.3) is 0 Å². The van der Waals surface area contributed by atoms with Gasteiger partial charge < -0.3 is 19.6 Å². The average molecular weight is 554 g/mol. The van der Waals surface area contributed by atoms with Crippen LogP contribution in [0.3, 0.4) is 0 Å². The molecule has 2 aliphatic carbocycles. The van der Waals surface area contributed by atoms with Gasteiger partial charge in [0, 0.05) is 35.6 Å². The van der Waals surface area contributed by atoms with Crippen LogP contribution < -0.4 is 9.64 Å². The van der Waals surface area contributed by atoms with E-state index in [4.69, 9.17) is 4.74 Å². The van der Waals surface area contributed by atoms with E-state index in [0.29, 0.717) is 11.6 Å². The normalized spacial score (nSPS) is 20.7. The van der Waals surface area contributed by atoms with Gasteiger partial charge in [0.05, 0.1) is 5.69 Å². The first-order valence-electron chi connectivity index (χ1n) is 14.1. The van der Waals surface area contributed by atoms with Crippen LogP contribution in [-0.2, 0) is 16.8 Å². The maximum absolute atomic E-state index is 14.1. The van der Waals surface area contributed by atoms with E-state index in [1.165, 1.54) is 16.9 Å². The Labute approximate surface area is 236 Å². The number of carbonyl (C=O) groups excluding carboxylic acids is 1. The molecule has 2 aliphatic rings. The molecule has 8 heteroatoms. The number of pyridine rings is 1. The number of hydrogen-bond acceptors (Lipinski definition) is 6. The summed E-state index contributed by atoms with van der Waals surface area (Å²) in [7, 11) is 4.07. The molecule has 2 heterocycles. The lowest BCUT2D eigenvalue weighted by atomic mass is 9.84. The fourth-order valence-electron chi connectivity index (χ4n) is 5.62. The third-order valence-corrected chi connectivity index (χ3v) is 9.32. The minimum Gasteiger partial charge on any atom is -0.477 e. The number of nitrogens with zero attached hydrogens (tertiary/aromatic N) is 3. The van der Waals surface area contributed by atoms with Gasteiger partial charge in [-0.05, 0) is 88.6 Å². The Bertz CT molecular complexity index is 1180. The molecular formula is C31H43N3O4S. The fraction of sp³-hybridized carbons (Fsp3) is 0.581. The van der Waals surface area contributed by atoms with Crippen LogP contribution in [-0.4, -0.2) is 53.1 Å². The van der Waals surface area contributed by atoms with Gasteiger partial charge in [-0.1, -0.05) is 32.9 Å². The highest BCUT2D eigenvalue weighted by molar-refractivity contribution is 7.14. The number of ether oxygens (including phenoxy) is 1. The third kappa shape index (κ3) is 7.28. The fourth-order valence-corrected chi connectivity index (χ4v) is 6.66. The summed E-state index contributed by atoms with van der Waals surface area (Å²) in [6.45, 7) is 11.2. The molecule has 0 saturated heterocycles. The summed E-state index contributed by atoms with van der Waals surface area (Å²) in [5, 5.41) is 10.1. The molecule has 2 saturated carbocycles. The molecule has 1 N–H and O–H groups in total. The second-order valence-electron chi connectivity index (χ2n) is 12.4. The lowest BCUT2D eigenvalue weighted by Gasteiger charge is -2.39. The standard InChI is InChI=1S/C31H43N3O4S/c1-20-7-9-22(10-8-20)29(35)34(25-18-26(31(2,3)4)39-28(25)30(36)37)23-11-13-24(14-12-23)38-27-17-21(15-16-32-27)19-33(5)6/h15-18,22-24H,1,7-14,19H2,2-6H3,(H,36,37). The number of carboxylic acid groups (broad SMARTS) is 1. The van der Waals surface area contributed by atoms with E-state index in [9.17, 15) is 14.7 Å². The highest BCUT2D eigenvalue weighted by Crippen LogP contribution is 2.42. The Hall–Kier alpha value is -2.71. The molecule has 39 heavy (non-hydrogen) atoms. The molecule has 2 fully saturated rings. The zero-order valence-corrected chi connectivity index (χ0v) is 24.9. The van der Waals surface area contributed by atoms with Crippen LogP contribution in [0.1, 0.15) is 92.3 Å². The molecule has 2 aromatic rings. The SMILES string of the molecule is C=C1CCC(C(=O)N(c2cc(C(C)(C)C)sc2C(=O)O)C2CCC(Oc3cc(CN(C)C)ccn3)CC2)CC1. The Morgan fingerprint density at radius 2 is 1.77 bits per heavy atom. The summed E-state index contributed by atoms with van der Waals surface area (Å²) in [4.78, 5) is 36.1. The molecule has 0 atom stereocenters. The Kier molecular flexibility index (Phi) is 9.17. The van der Waals surface area contributed by atoms with Crippen molar-refractivity contribution in [1.29, 1.82) is 0 Å². The molecule has 2 aromatic heterocycles. The first-order chi connectivity index (χ1) is 18.4. The molecule has 4 rings (SSSR count). The van der Waals surface area contributed by atoms with Gasteiger partial charge in [-0.2, -0.15) is 0 Å². The minimum absolute atomic E-state index is 0.0184. The molecular weight excluding hydrogens is 510 g/mol. The van der Waals surface area contributed by atoms with Crippen molar-refractivity contribution in [2.24, 2.45) is 5.92 Å². The predicted octanol–water partition coefficient (Wildman–Crippen LogP) is 6.67. The van der Waals surface area contributed by atoms with Gasteiger partial charge in [-0.15, -0.1) is 11.3 Å². The second kappa shape index (κ2) is 12.2. The second-order valence-corrected chi connectivity index (χ2v) is 13.5. The summed E-state index contributed by atoms with van der Waals surface area (Å²) in [5.74, 6) is -0.381. The van der Waals surface area contributed by atoms with E-state index >= 15 is 0 Å². The summed E-state index contributed by atoms with van der Waals surface area (Å²) in [6, 6.07) is 5.89. The summed E-state index contributed by atoms with van der Waals surface area (Å²) < 4.78 is 6.28. The molecule has 0 bridgehead atoms. The van der Waals surface area contributed by atoms with Crippen molar-refractivity contribution >= 4 is 28.9 Å². The van der Waals surface area contributed by atoms with Gasteiger partial charge in [0.1, 0.15) is 11.0 Å². The van der Waals surface area contributed by atoms with E-state index in [1.54, 1.807) is 6.20 Å². The number of allylic oxidation sites excluding steroid dienone is 1. The smallest absolute Gasteiger partial charge is 0.348 e. The molecule has 0 radical (unpaired) electrons. The van der Waals surface area contributed by atoms with Crippen molar-refractivity contribution in [3.63, 3.8) is 0 Å². The van der Waals surface area contributed by atoms with Crippen molar-refractivity contribution in [3.8, 4) is 5.88 Å². The molecule has 0 aromatic carbocycles. The van der Waals surface area contributed by atoms with Crippen molar-refractivity contribution < 1.29 is 19.4 Å². The quantitative estimate of drug-likeness (QED) is 0.368. The van der Waals surface area contributed by atoms with Crippen LogP contribution in [0.5, 0.6) is 5.88 Å². The van der Waals surface area contributed by atoms with Gasteiger partial charge in [-0.3, -0.25) is 4.79 Å². The van der Waals surface area contributed by atoms with Crippen LogP contribution >= 0.6 is 11.3 Å². The summed E-state index contributed by atoms with van der Waals surface area (Å²) >= 11 is 1.30. The number of thiophene rings is 1. The highest BCUT2D eigenvalue weighted by Gasteiger charge is 2.38. The van der Waals surface area contributed by atoms with Crippen LogP contribution in [0.25, 0.3) is 0 Å². The van der Waals surface area contributed by atoms with E-state index in [0.717, 1.165) is 68.4 Å². The lowest BCUT2D eigenvalue weighted by molar-refractivity contribution is -0.123. The predicted molar refractivity (Wildman–Crippen MR) is 157 cm³/mol. The first-order valence-corrected chi connectivity index (χ1v) is 14.9. The number of aromatic nitrogens is 1. The van der Waals surface area contributed by atoms with Crippen molar-refractivity contribution in [2.75, 3.05) is 19.0 Å². The number of amides is 1. The van der Waals surface area contributed by atoms with Crippen molar-refractivity contribution in [3.05, 3.63) is 51.9 Å². The van der Waals surface area contributed by atoms with Crippen molar-refractivity contribution in [1.82, 2.24) is 9.88 Å². The van der Waals surface area contributed by atoms with Gasteiger partial charge in [-0.25, -0.2) is 9.78 Å². The number of carboxylic acids is 1. The topological polar surface area (TPSA) is 83.0 Å². The lowest BCUT2D eigenvalue weighted by Crippen LogP contribution is -2.47. The van der Waals surface area contributed by atoms with Crippen LogP contribution in [0.4, 0.5) is 5.69 Å². The van der Waals surface area contributed by atoms with Crippen LogP contribution in [0, 0.1) is 5.92 Å². The zero-order valence-electron chi connectivity index (χ0n) is 24.0. The van der Waals surface area contributed by atoms with E-state index < -0.39 is 5.97 Å². The molecule has 7 nitrogen and oxygen atoms in total. The van der Waals surface area contributed by atoms with E-state index in [-0.39, 0.29) is 34.3 Å². The maximum Gasteiger partial charge on any atom is 0.348 e. The Morgan fingerprint density at radius 1 is 1.10 bits per heavy atom. The van der Waals surface area contributed by atoms with E-state index in [2.05, 4.69) is 37.2 Å². The summed E-state index contributed by atoms with van der Waals surface area (Å²) in [5.41, 5.74) is 2.71. The van der Waals surface area contributed by atoms with Crippen LogP contribution in [0.15, 0.2) is 36.5 Å². The molecule has 0 spiro atoms. The van der Waals surface area contributed by atoms with Gasteiger partial charge in [0.2, 0.25) is 11.8 Å². The number of carbonyl (C=O) groups is 2. The average Bonchev–Trinajstić information content (AvgIpc) is 3.32. The van der Waals surface area contributed by atoms with Gasteiger partial charge in [0.15, 0.2) is 0 Å². The van der Waals surface area contributed by atoms with E-state index in [1.807, 2.05) is 37.2 Å². The minimum atomic E-state index is -0.971. The third-order valence-electron chi connectivity index (χ3n) is 7.78. The number of aromatic carboxylic acids is 1. The molecule has 1 amide bonds. The number of rotatable bonds is 8. The van der Waals surface area contributed by atoms with Crippen LogP contribution in [0.2, 0.25) is 0 Å².